The van der Waals surface area contributed by atoms with Crippen LogP contribution in [0.4, 0.5) is 0 Å². The van der Waals surface area contributed by atoms with Gasteiger partial charge in [0.15, 0.2) is 0 Å². The lowest BCUT2D eigenvalue weighted by Gasteiger charge is -2.24. The zero-order valence-electron chi connectivity index (χ0n) is 11.7. The third-order valence-electron chi connectivity index (χ3n) is 2.79. The maximum absolute atomic E-state index is 12.0. The topological polar surface area (TPSA) is 49.8 Å². The molecule has 0 saturated heterocycles. The molecule has 0 spiro atoms. The molecule has 0 heterocycles. The van der Waals surface area contributed by atoms with Gasteiger partial charge < -0.3 is 14.7 Å². The van der Waals surface area contributed by atoms with E-state index in [0.717, 1.165) is 11.3 Å². The molecule has 4 heteroatoms. The zero-order chi connectivity index (χ0) is 14.3. The smallest absolute Gasteiger partial charge is 0.246 e. The molecule has 19 heavy (non-hydrogen) atoms. The maximum Gasteiger partial charge on any atom is 0.246 e. The van der Waals surface area contributed by atoms with E-state index in [1.807, 2.05) is 38.1 Å². The van der Waals surface area contributed by atoms with Gasteiger partial charge in [-0.25, -0.2) is 0 Å². The number of nitrogens with zero attached hydrogens (tertiary/aromatic N) is 1. The minimum absolute atomic E-state index is 0.0353. The van der Waals surface area contributed by atoms with E-state index in [-0.39, 0.29) is 18.6 Å². The van der Waals surface area contributed by atoms with E-state index in [0.29, 0.717) is 6.54 Å². The van der Waals surface area contributed by atoms with Gasteiger partial charge >= 0.3 is 0 Å². The summed E-state index contributed by atoms with van der Waals surface area (Å²) >= 11 is 0. The maximum atomic E-state index is 12.0. The Labute approximate surface area is 114 Å². The van der Waals surface area contributed by atoms with Crippen molar-refractivity contribution < 1.29 is 14.6 Å². The summed E-state index contributed by atoms with van der Waals surface area (Å²) in [4.78, 5) is 13.7. The molecule has 0 atom stereocenters. The summed E-state index contributed by atoms with van der Waals surface area (Å²) in [5.41, 5.74) is 0.853. The summed E-state index contributed by atoms with van der Waals surface area (Å²) in [6.45, 7) is 4.15. The van der Waals surface area contributed by atoms with Crippen molar-refractivity contribution in [1.82, 2.24) is 4.90 Å². The molecule has 1 rings (SSSR count). The van der Waals surface area contributed by atoms with Crippen LogP contribution in [-0.4, -0.2) is 42.2 Å². The highest BCUT2D eigenvalue weighted by Gasteiger charge is 2.13. The fraction of sp³-hybridized carbons (Fsp3) is 0.400. The first-order chi connectivity index (χ1) is 9.10. The van der Waals surface area contributed by atoms with Crippen molar-refractivity contribution in [2.45, 2.75) is 19.9 Å². The van der Waals surface area contributed by atoms with Crippen LogP contribution in [0.1, 0.15) is 19.4 Å². The monoisotopic (exact) mass is 263 g/mol. The summed E-state index contributed by atoms with van der Waals surface area (Å²) in [5.74, 6) is 0.611. The second-order valence-corrected chi connectivity index (χ2v) is 4.42. The highest BCUT2D eigenvalue weighted by Crippen LogP contribution is 2.18. The molecule has 1 aromatic rings. The Bertz CT molecular complexity index is 441. The number of aliphatic hydroxyl groups excluding tert-OH is 1. The number of aliphatic hydroxyl groups is 1. The van der Waals surface area contributed by atoms with Gasteiger partial charge in [0.25, 0.3) is 0 Å². The second-order valence-electron chi connectivity index (χ2n) is 4.42. The molecule has 0 aliphatic rings. The molecular formula is C15H21NO3. The van der Waals surface area contributed by atoms with Crippen LogP contribution >= 0.6 is 0 Å². The molecule has 1 amide bonds. The molecular weight excluding hydrogens is 242 g/mol. The van der Waals surface area contributed by atoms with E-state index in [4.69, 9.17) is 9.84 Å². The predicted molar refractivity (Wildman–Crippen MR) is 76.0 cm³/mol. The van der Waals surface area contributed by atoms with E-state index in [1.165, 1.54) is 6.08 Å². The molecule has 1 N–H and O–H groups in total. The number of carbonyl (C=O) groups is 1. The minimum atomic E-state index is -0.116. The SMILES string of the molecule is COc1ccccc1/C=C/C(=O)N(CCO)C(C)C. The highest BCUT2D eigenvalue weighted by atomic mass is 16.5. The van der Waals surface area contributed by atoms with E-state index in [2.05, 4.69) is 0 Å². The lowest BCUT2D eigenvalue weighted by molar-refractivity contribution is -0.128. The Morgan fingerprint density at radius 3 is 2.68 bits per heavy atom. The van der Waals surface area contributed by atoms with Gasteiger partial charge in [-0.2, -0.15) is 0 Å². The van der Waals surface area contributed by atoms with Crippen molar-refractivity contribution in [3.05, 3.63) is 35.9 Å². The number of carbonyl (C=O) groups excluding carboxylic acids is 1. The summed E-state index contributed by atoms with van der Waals surface area (Å²) in [7, 11) is 1.60. The Morgan fingerprint density at radius 1 is 1.42 bits per heavy atom. The van der Waals surface area contributed by atoms with Gasteiger partial charge in [0.1, 0.15) is 5.75 Å². The third kappa shape index (κ3) is 4.41. The van der Waals surface area contributed by atoms with E-state index >= 15 is 0 Å². The lowest BCUT2D eigenvalue weighted by Crippen LogP contribution is -2.37. The fourth-order valence-corrected chi connectivity index (χ4v) is 1.79. The fourth-order valence-electron chi connectivity index (χ4n) is 1.79. The highest BCUT2D eigenvalue weighted by molar-refractivity contribution is 5.92. The number of ether oxygens (including phenoxy) is 1. The summed E-state index contributed by atoms with van der Waals surface area (Å²) in [6, 6.07) is 7.55. The van der Waals surface area contributed by atoms with E-state index in [1.54, 1.807) is 18.1 Å². The number of rotatable bonds is 6. The van der Waals surface area contributed by atoms with Gasteiger partial charge in [-0.3, -0.25) is 4.79 Å². The molecule has 0 saturated carbocycles. The van der Waals surface area contributed by atoms with Gasteiger partial charge in [0, 0.05) is 24.2 Å². The molecule has 0 unspecified atom stereocenters. The van der Waals surface area contributed by atoms with Crippen LogP contribution in [0.3, 0.4) is 0 Å². The van der Waals surface area contributed by atoms with Crippen LogP contribution in [0.2, 0.25) is 0 Å². The lowest BCUT2D eigenvalue weighted by atomic mass is 10.2. The number of hydrogen-bond acceptors (Lipinski definition) is 3. The molecule has 0 aliphatic heterocycles. The average molecular weight is 263 g/mol. The Balaban J connectivity index is 2.82. The number of hydrogen-bond donors (Lipinski definition) is 1. The molecule has 104 valence electrons. The van der Waals surface area contributed by atoms with Crippen molar-refractivity contribution in [3.63, 3.8) is 0 Å². The minimum Gasteiger partial charge on any atom is -0.496 e. The van der Waals surface area contributed by atoms with E-state index < -0.39 is 0 Å². The van der Waals surface area contributed by atoms with Gasteiger partial charge in [-0.05, 0) is 26.0 Å². The molecule has 0 aliphatic carbocycles. The summed E-state index contributed by atoms with van der Waals surface area (Å²) in [6.07, 6.45) is 3.24. The zero-order valence-corrected chi connectivity index (χ0v) is 11.7. The molecule has 0 radical (unpaired) electrons. The first-order valence-electron chi connectivity index (χ1n) is 6.32. The van der Waals surface area contributed by atoms with E-state index in [9.17, 15) is 4.79 Å². The van der Waals surface area contributed by atoms with Crippen LogP contribution in [0.5, 0.6) is 5.75 Å². The molecule has 0 fully saturated rings. The Morgan fingerprint density at radius 2 is 2.11 bits per heavy atom. The molecule has 1 aromatic carbocycles. The van der Waals surface area contributed by atoms with Crippen molar-refractivity contribution in [2.24, 2.45) is 0 Å². The predicted octanol–water partition coefficient (Wildman–Crippen LogP) is 1.94. The van der Waals surface area contributed by atoms with Crippen LogP contribution in [-0.2, 0) is 4.79 Å². The Kier molecular flexibility index (Phi) is 6.09. The van der Waals surface area contributed by atoms with Gasteiger partial charge in [-0.15, -0.1) is 0 Å². The van der Waals surface area contributed by atoms with Gasteiger partial charge in [0.2, 0.25) is 5.91 Å². The first kappa shape index (κ1) is 15.2. The van der Waals surface area contributed by atoms with Gasteiger partial charge in [-0.1, -0.05) is 18.2 Å². The normalized spacial score (nSPS) is 11.0. The third-order valence-corrected chi connectivity index (χ3v) is 2.79. The quantitative estimate of drug-likeness (QED) is 0.798. The molecule has 0 aromatic heterocycles. The van der Waals surface area contributed by atoms with Gasteiger partial charge in [0.05, 0.1) is 13.7 Å². The van der Waals surface area contributed by atoms with Crippen LogP contribution < -0.4 is 4.74 Å². The number of benzene rings is 1. The number of amides is 1. The van der Waals surface area contributed by atoms with Crippen molar-refractivity contribution in [3.8, 4) is 5.75 Å². The summed E-state index contributed by atoms with van der Waals surface area (Å²) in [5, 5.41) is 8.96. The molecule has 0 bridgehead atoms. The average Bonchev–Trinajstić information content (AvgIpc) is 2.42. The van der Waals surface area contributed by atoms with Crippen LogP contribution in [0, 0.1) is 0 Å². The van der Waals surface area contributed by atoms with Crippen LogP contribution in [0.25, 0.3) is 6.08 Å². The first-order valence-corrected chi connectivity index (χ1v) is 6.32. The Hall–Kier alpha value is -1.81. The van der Waals surface area contributed by atoms with Crippen molar-refractivity contribution in [2.75, 3.05) is 20.3 Å². The number of methoxy groups -OCH3 is 1. The number of para-hydroxylation sites is 1. The van der Waals surface area contributed by atoms with Crippen molar-refractivity contribution in [1.29, 1.82) is 0 Å². The second kappa shape index (κ2) is 7.59. The van der Waals surface area contributed by atoms with Crippen molar-refractivity contribution >= 4 is 12.0 Å². The standard InChI is InChI=1S/C15H21NO3/c1-12(2)16(10-11-17)15(18)9-8-13-6-4-5-7-14(13)19-3/h4-9,12,17H,10-11H2,1-3H3/b9-8+. The molecule has 4 nitrogen and oxygen atoms in total. The summed E-state index contributed by atoms with van der Waals surface area (Å²) < 4.78 is 5.22. The van der Waals surface area contributed by atoms with Crippen LogP contribution in [0.15, 0.2) is 30.3 Å². The largest absolute Gasteiger partial charge is 0.496 e.